The van der Waals surface area contributed by atoms with Gasteiger partial charge in [0.15, 0.2) is 0 Å². The van der Waals surface area contributed by atoms with Crippen LogP contribution in [0.5, 0.6) is 0 Å². The third-order valence-corrected chi connectivity index (χ3v) is 3.89. The lowest BCUT2D eigenvalue weighted by Crippen LogP contribution is -2.29. The highest BCUT2D eigenvalue weighted by Crippen LogP contribution is 2.25. The van der Waals surface area contributed by atoms with E-state index < -0.39 is 0 Å². The van der Waals surface area contributed by atoms with Crippen LogP contribution in [-0.4, -0.2) is 22.6 Å². The molecule has 1 aromatic rings. The van der Waals surface area contributed by atoms with Crippen molar-refractivity contribution in [3.63, 3.8) is 0 Å². The topological polar surface area (TPSA) is 37.8 Å². The molecule has 2 aliphatic carbocycles. The maximum absolute atomic E-state index is 4.64. The molecule has 1 fully saturated rings. The molecule has 1 atom stereocenters. The molecule has 17 heavy (non-hydrogen) atoms. The number of hydrogen-bond acceptors (Lipinski definition) is 3. The van der Waals surface area contributed by atoms with Gasteiger partial charge >= 0.3 is 0 Å². The van der Waals surface area contributed by atoms with Crippen LogP contribution in [0.15, 0.2) is 6.20 Å². The van der Waals surface area contributed by atoms with E-state index in [2.05, 4.69) is 28.4 Å². The van der Waals surface area contributed by atoms with Crippen molar-refractivity contribution in [3.05, 3.63) is 23.3 Å². The van der Waals surface area contributed by atoms with Crippen molar-refractivity contribution in [1.82, 2.24) is 15.3 Å². The monoisotopic (exact) mass is 231 g/mol. The molecule has 3 rings (SSSR count). The molecule has 1 heterocycles. The fourth-order valence-corrected chi connectivity index (χ4v) is 2.59. The van der Waals surface area contributed by atoms with Gasteiger partial charge in [0.2, 0.25) is 0 Å². The zero-order chi connectivity index (χ0) is 11.7. The van der Waals surface area contributed by atoms with Gasteiger partial charge in [-0.3, -0.25) is 0 Å². The lowest BCUT2D eigenvalue weighted by Gasteiger charge is -2.24. The standard InChI is InChI=1S/C14H21N3/c1-2-14-16-9-11-7-10(3-6-13(11)17-14)8-15-12-4-5-12/h9-10,12,15H,2-8H2,1H3. The highest BCUT2D eigenvalue weighted by atomic mass is 14.9. The Morgan fingerprint density at radius 1 is 1.35 bits per heavy atom. The summed E-state index contributed by atoms with van der Waals surface area (Å²) < 4.78 is 0. The van der Waals surface area contributed by atoms with Gasteiger partial charge in [0, 0.05) is 24.4 Å². The van der Waals surface area contributed by atoms with Crippen LogP contribution in [0.25, 0.3) is 0 Å². The van der Waals surface area contributed by atoms with Gasteiger partial charge in [0.05, 0.1) is 0 Å². The summed E-state index contributed by atoms with van der Waals surface area (Å²) in [5.41, 5.74) is 2.69. The highest BCUT2D eigenvalue weighted by molar-refractivity contribution is 5.21. The Morgan fingerprint density at radius 3 is 3.00 bits per heavy atom. The van der Waals surface area contributed by atoms with E-state index in [0.29, 0.717) is 0 Å². The minimum absolute atomic E-state index is 0.791. The second-order valence-electron chi connectivity index (χ2n) is 5.40. The van der Waals surface area contributed by atoms with Crippen LogP contribution >= 0.6 is 0 Å². The summed E-state index contributed by atoms with van der Waals surface area (Å²) in [6.07, 6.45) is 9.36. The number of hydrogen-bond donors (Lipinski definition) is 1. The normalized spacial score (nSPS) is 23.5. The Kier molecular flexibility index (Phi) is 3.10. The second kappa shape index (κ2) is 4.73. The number of fused-ring (bicyclic) bond motifs is 1. The summed E-state index contributed by atoms with van der Waals surface area (Å²) in [5.74, 6) is 1.79. The number of rotatable bonds is 4. The fourth-order valence-electron chi connectivity index (χ4n) is 2.59. The molecule has 1 saturated carbocycles. The quantitative estimate of drug-likeness (QED) is 0.860. The van der Waals surface area contributed by atoms with E-state index in [4.69, 9.17) is 0 Å². The molecule has 3 heteroatoms. The first-order valence-corrected chi connectivity index (χ1v) is 6.92. The Bertz CT molecular complexity index is 398. The Balaban J connectivity index is 1.63. The largest absolute Gasteiger partial charge is 0.314 e. The average molecular weight is 231 g/mol. The molecule has 1 aromatic heterocycles. The van der Waals surface area contributed by atoms with E-state index in [1.54, 1.807) is 0 Å². The van der Waals surface area contributed by atoms with E-state index in [-0.39, 0.29) is 0 Å². The first-order valence-electron chi connectivity index (χ1n) is 6.92. The zero-order valence-electron chi connectivity index (χ0n) is 10.6. The molecule has 2 aliphatic rings. The molecule has 0 bridgehead atoms. The molecule has 0 aliphatic heterocycles. The van der Waals surface area contributed by atoms with Gasteiger partial charge in [-0.1, -0.05) is 6.92 Å². The Hall–Kier alpha value is -0.960. The number of nitrogens with one attached hydrogen (secondary N) is 1. The number of nitrogens with zero attached hydrogens (tertiary/aromatic N) is 2. The average Bonchev–Trinajstić information content (AvgIpc) is 3.19. The molecule has 0 saturated heterocycles. The van der Waals surface area contributed by atoms with Crippen molar-refractivity contribution in [2.24, 2.45) is 5.92 Å². The van der Waals surface area contributed by atoms with Gasteiger partial charge in [-0.15, -0.1) is 0 Å². The van der Waals surface area contributed by atoms with Gasteiger partial charge in [0.1, 0.15) is 5.82 Å². The van der Waals surface area contributed by atoms with Crippen molar-refractivity contribution >= 4 is 0 Å². The van der Waals surface area contributed by atoms with Crippen molar-refractivity contribution < 1.29 is 0 Å². The summed E-state index contributed by atoms with van der Waals surface area (Å²) in [6.45, 7) is 3.30. The fraction of sp³-hybridized carbons (Fsp3) is 0.714. The highest BCUT2D eigenvalue weighted by Gasteiger charge is 2.24. The third kappa shape index (κ3) is 2.65. The molecule has 0 aromatic carbocycles. The summed E-state index contributed by atoms with van der Waals surface area (Å²) >= 11 is 0. The van der Waals surface area contributed by atoms with Crippen LogP contribution in [0.2, 0.25) is 0 Å². The minimum Gasteiger partial charge on any atom is -0.314 e. The molecule has 92 valence electrons. The van der Waals surface area contributed by atoms with E-state index >= 15 is 0 Å². The molecule has 1 N–H and O–H groups in total. The summed E-state index contributed by atoms with van der Waals surface area (Å²) in [4.78, 5) is 9.06. The Morgan fingerprint density at radius 2 is 2.24 bits per heavy atom. The van der Waals surface area contributed by atoms with Crippen LogP contribution in [-0.2, 0) is 19.3 Å². The van der Waals surface area contributed by atoms with Crippen LogP contribution in [0.3, 0.4) is 0 Å². The lowest BCUT2D eigenvalue weighted by molar-refractivity contribution is 0.417. The van der Waals surface area contributed by atoms with Gasteiger partial charge in [-0.2, -0.15) is 0 Å². The van der Waals surface area contributed by atoms with E-state index in [9.17, 15) is 0 Å². The second-order valence-corrected chi connectivity index (χ2v) is 5.40. The SMILES string of the molecule is CCc1ncc2c(n1)CCC(CNC1CC1)C2. The third-order valence-electron chi connectivity index (χ3n) is 3.89. The summed E-state index contributed by atoms with van der Waals surface area (Å²) in [7, 11) is 0. The van der Waals surface area contributed by atoms with Gasteiger partial charge in [-0.25, -0.2) is 9.97 Å². The minimum atomic E-state index is 0.791. The molecular weight excluding hydrogens is 210 g/mol. The number of aromatic nitrogens is 2. The van der Waals surface area contributed by atoms with Crippen molar-refractivity contribution in [2.45, 2.75) is 51.5 Å². The van der Waals surface area contributed by atoms with E-state index in [0.717, 1.165) is 30.6 Å². The van der Waals surface area contributed by atoms with Gasteiger partial charge < -0.3 is 5.32 Å². The van der Waals surface area contributed by atoms with Crippen molar-refractivity contribution in [2.75, 3.05) is 6.54 Å². The van der Waals surface area contributed by atoms with Gasteiger partial charge in [0.25, 0.3) is 0 Å². The van der Waals surface area contributed by atoms with Gasteiger partial charge in [-0.05, 0) is 50.1 Å². The number of aryl methyl sites for hydroxylation is 2. The van der Waals surface area contributed by atoms with E-state index in [1.807, 2.05) is 0 Å². The van der Waals surface area contributed by atoms with Crippen LogP contribution in [0.1, 0.15) is 43.3 Å². The maximum Gasteiger partial charge on any atom is 0.128 e. The molecule has 1 unspecified atom stereocenters. The summed E-state index contributed by atoms with van der Waals surface area (Å²) in [6, 6.07) is 0.829. The van der Waals surface area contributed by atoms with Crippen LogP contribution in [0, 0.1) is 5.92 Å². The van der Waals surface area contributed by atoms with Crippen molar-refractivity contribution in [1.29, 1.82) is 0 Å². The molecule has 0 amide bonds. The first kappa shape index (κ1) is 11.1. The predicted octanol–water partition coefficient (Wildman–Crippen LogP) is 1.90. The van der Waals surface area contributed by atoms with E-state index in [1.165, 1.54) is 43.5 Å². The predicted molar refractivity (Wildman–Crippen MR) is 67.9 cm³/mol. The maximum atomic E-state index is 4.64. The molecular formula is C14H21N3. The molecule has 0 spiro atoms. The molecule has 3 nitrogen and oxygen atoms in total. The first-order chi connectivity index (χ1) is 8.35. The summed E-state index contributed by atoms with van der Waals surface area (Å²) in [5, 5.41) is 3.64. The zero-order valence-corrected chi connectivity index (χ0v) is 10.6. The van der Waals surface area contributed by atoms with Crippen molar-refractivity contribution in [3.8, 4) is 0 Å². The van der Waals surface area contributed by atoms with Crippen LogP contribution in [0.4, 0.5) is 0 Å². The smallest absolute Gasteiger partial charge is 0.128 e. The Labute approximate surface area is 103 Å². The molecule has 0 radical (unpaired) electrons. The lowest BCUT2D eigenvalue weighted by atomic mass is 9.87. The van der Waals surface area contributed by atoms with Crippen LogP contribution < -0.4 is 5.32 Å².